The highest BCUT2D eigenvalue weighted by molar-refractivity contribution is 5.99. The van der Waals surface area contributed by atoms with E-state index in [1.807, 2.05) is 0 Å². The molecule has 0 atom stereocenters. The zero-order chi connectivity index (χ0) is 43.1. The van der Waals surface area contributed by atoms with Crippen LogP contribution >= 0.6 is 0 Å². The van der Waals surface area contributed by atoms with Crippen LogP contribution in [0, 0.1) is 0 Å². The molecule has 0 aliphatic heterocycles. The number of benzene rings is 4. The Morgan fingerprint density at radius 2 is 0.881 bits per heavy atom. The summed E-state index contributed by atoms with van der Waals surface area (Å²) < 4.78 is 94.7. The van der Waals surface area contributed by atoms with Crippen LogP contribution in [-0.4, -0.2) is 65.1 Å². The van der Waals surface area contributed by atoms with Crippen molar-refractivity contribution in [3.05, 3.63) is 131 Å². The van der Waals surface area contributed by atoms with Gasteiger partial charge in [-0.1, -0.05) is 36.4 Å². The largest absolute Gasteiger partial charge is 0.494 e. The van der Waals surface area contributed by atoms with E-state index in [1.165, 1.54) is 103 Å². The van der Waals surface area contributed by atoms with Gasteiger partial charge < -0.3 is 29.2 Å². The van der Waals surface area contributed by atoms with E-state index in [2.05, 4.69) is 0 Å². The van der Waals surface area contributed by atoms with Gasteiger partial charge in [0.1, 0.15) is 23.0 Å². The molecule has 59 heavy (non-hydrogen) atoms. The minimum Gasteiger partial charge on any atom is -0.494 e. The molecule has 0 saturated carbocycles. The lowest BCUT2D eigenvalue weighted by Crippen LogP contribution is -2.37. The molecule has 0 spiro atoms. The Morgan fingerprint density at radius 3 is 1.27 bits per heavy atom. The van der Waals surface area contributed by atoms with E-state index in [9.17, 15) is 55.7 Å². The van der Waals surface area contributed by atoms with Gasteiger partial charge in [0.25, 0.3) is 0 Å². The molecule has 0 aliphatic carbocycles. The Labute approximate surface area is 334 Å². The molecule has 0 aromatic heterocycles. The Kier molecular flexibility index (Phi) is 16.1. The summed E-state index contributed by atoms with van der Waals surface area (Å²) in [4.78, 5) is 49.9. The molecular weight excluding hydrogens is 790 g/mol. The number of ketones is 2. The van der Waals surface area contributed by atoms with E-state index in [-0.39, 0.29) is 55.1 Å². The third-order valence-electron chi connectivity index (χ3n) is 8.11. The second kappa shape index (κ2) is 20.9. The summed E-state index contributed by atoms with van der Waals surface area (Å²) >= 11 is 0. The standard InChI is InChI=1S/C43H38F6O10/c44-42(45,46)24-1-27-56-34-18-9-31(10-19-34)39(52)58-36-14-4-29(5-15-36)3-13-33(50)23-26-41(54,55)38(51)22-8-30-6-16-37(17-7-30)59-40(53)32-11-20-35(21-12-32)57-28-2-25-43(47,48)49/h3-22,54-55H,1-2,23-28H2/b13-3+,22-8+. The molecule has 2 N–H and O–H groups in total. The van der Waals surface area contributed by atoms with Gasteiger partial charge in [0.05, 0.1) is 24.3 Å². The minimum absolute atomic E-state index is 0.134. The van der Waals surface area contributed by atoms with E-state index in [4.69, 9.17) is 18.9 Å². The number of hydrogen-bond acceptors (Lipinski definition) is 10. The molecule has 0 aliphatic rings. The van der Waals surface area contributed by atoms with Crippen molar-refractivity contribution in [3.63, 3.8) is 0 Å². The van der Waals surface area contributed by atoms with E-state index in [1.54, 1.807) is 12.1 Å². The van der Waals surface area contributed by atoms with Crippen LogP contribution < -0.4 is 18.9 Å². The van der Waals surface area contributed by atoms with Crippen molar-refractivity contribution in [3.8, 4) is 23.0 Å². The smallest absolute Gasteiger partial charge is 0.389 e. The van der Waals surface area contributed by atoms with Crippen LogP contribution in [-0.2, 0) is 9.59 Å². The molecule has 0 saturated heterocycles. The summed E-state index contributed by atoms with van der Waals surface area (Å²) in [7, 11) is 0. The van der Waals surface area contributed by atoms with Gasteiger partial charge in [-0.3, -0.25) is 9.59 Å². The predicted molar refractivity (Wildman–Crippen MR) is 202 cm³/mol. The first kappa shape index (κ1) is 45.4. The van der Waals surface area contributed by atoms with Crippen LogP contribution in [0.5, 0.6) is 23.0 Å². The van der Waals surface area contributed by atoms with Gasteiger partial charge in [-0.15, -0.1) is 0 Å². The van der Waals surface area contributed by atoms with E-state index in [0.717, 1.165) is 6.08 Å². The molecule has 16 heteroatoms. The molecule has 4 aromatic rings. The van der Waals surface area contributed by atoms with Gasteiger partial charge in [-0.2, -0.15) is 26.3 Å². The third kappa shape index (κ3) is 16.6. The van der Waals surface area contributed by atoms with Gasteiger partial charge >= 0.3 is 24.3 Å². The number of allylic oxidation sites excluding steroid dienone is 1. The second-order valence-electron chi connectivity index (χ2n) is 12.9. The summed E-state index contributed by atoms with van der Waals surface area (Å²) in [6.45, 7) is -0.273. The molecule has 0 heterocycles. The number of carbonyl (C=O) groups is 4. The fourth-order valence-electron chi connectivity index (χ4n) is 4.92. The number of carbonyl (C=O) groups excluding carboxylic acids is 4. The fraction of sp³-hybridized carbons (Fsp3) is 0.256. The second-order valence-corrected chi connectivity index (χ2v) is 12.9. The lowest BCUT2D eigenvalue weighted by molar-refractivity contribution is -0.180. The maximum absolute atomic E-state index is 12.5. The van der Waals surface area contributed by atoms with Gasteiger partial charge in [-0.25, -0.2) is 9.59 Å². The third-order valence-corrected chi connectivity index (χ3v) is 8.11. The molecule has 0 bridgehead atoms. The van der Waals surface area contributed by atoms with E-state index >= 15 is 0 Å². The lowest BCUT2D eigenvalue weighted by atomic mass is 10.0. The normalized spacial score (nSPS) is 12.1. The van der Waals surface area contributed by atoms with E-state index in [0.29, 0.717) is 22.6 Å². The molecular formula is C43H38F6O10. The minimum atomic E-state index is -4.27. The number of rotatable bonds is 20. The van der Waals surface area contributed by atoms with Crippen LogP contribution in [0.2, 0.25) is 0 Å². The Morgan fingerprint density at radius 1 is 0.508 bits per heavy atom. The zero-order valence-corrected chi connectivity index (χ0v) is 31.1. The lowest BCUT2D eigenvalue weighted by Gasteiger charge is -2.17. The highest BCUT2D eigenvalue weighted by atomic mass is 19.4. The number of ether oxygens (including phenoxy) is 4. The van der Waals surface area contributed by atoms with Crippen LogP contribution in [0.1, 0.15) is 70.4 Å². The molecule has 0 fully saturated rings. The summed E-state index contributed by atoms with van der Waals surface area (Å²) in [5.41, 5.74) is 1.34. The number of esters is 2. The maximum Gasteiger partial charge on any atom is 0.389 e. The predicted octanol–water partition coefficient (Wildman–Crippen LogP) is 8.89. The maximum atomic E-state index is 12.5. The highest BCUT2D eigenvalue weighted by Crippen LogP contribution is 2.24. The monoisotopic (exact) mass is 828 g/mol. The molecule has 0 amide bonds. The summed E-state index contributed by atoms with van der Waals surface area (Å²) in [5.74, 6) is -4.88. The fourth-order valence-corrected chi connectivity index (χ4v) is 4.92. The van der Waals surface area contributed by atoms with Crippen molar-refractivity contribution in [2.75, 3.05) is 13.2 Å². The highest BCUT2D eigenvalue weighted by Gasteiger charge is 2.31. The van der Waals surface area contributed by atoms with Crippen LogP contribution in [0.3, 0.4) is 0 Å². The number of hydrogen-bond donors (Lipinski definition) is 2. The number of halogens is 6. The van der Waals surface area contributed by atoms with Crippen molar-refractivity contribution in [1.82, 2.24) is 0 Å². The topological polar surface area (TPSA) is 146 Å². The van der Waals surface area contributed by atoms with Gasteiger partial charge in [-0.05, 0) is 109 Å². The molecule has 0 unspecified atom stereocenters. The first-order chi connectivity index (χ1) is 27.8. The van der Waals surface area contributed by atoms with Gasteiger partial charge in [0, 0.05) is 25.7 Å². The van der Waals surface area contributed by atoms with Crippen molar-refractivity contribution >= 4 is 35.7 Å². The molecule has 4 rings (SSSR count). The molecule has 312 valence electrons. The summed E-state index contributed by atoms with van der Waals surface area (Å²) in [5, 5.41) is 20.6. The first-order valence-corrected chi connectivity index (χ1v) is 18.0. The van der Waals surface area contributed by atoms with Crippen molar-refractivity contribution in [2.45, 2.75) is 56.7 Å². The van der Waals surface area contributed by atoms with Crippen LogP contribution in [0.25, 0.3) is 12.2 Å². The molecule has 4 aromatic carbocycles. The SMILES string of the molecule is O=C(/C=C/c1ccc(OC(=O)c2ccc(OCCCC(F)(F)F)cc2)cc1)CCC(O)(O)C(=O)/C=C/c1ccc(OC(=O)c2ccc(OCCCC(F)(F)F)cc2)cc1. The van der Waals surface area contributed by atoms with Gasteiger partial charge in [0.2, 0.25) is 11.6 Å². The molecule has 10 nitrogen and oxygen atoms in total. The Bertz CT molecular complexity index is 2070. The van der Waals surface area contributed by atoms with Crippen molar-refractivity contribution in [2.24, 2.45) is 0 Å². The molecule has 0 radical (unpaired) electrons. The first-order valence-electron chi connectivity index (χ1n) is 18.0. The van der Waals surface area contributed by atoms with Gasteiger partial charge in [0.15, 0.2) is 5.78 Å². The summed E-state index contributed by atoms with van der Waals surface area (Å²) in [6.07, 6.45) is -6.98. The average Bonchev–Trinajstić information content (AvgIpc) is 3.19. The van der Waals surface area contributed by atoms with Crippen molar-refractivity contribution in [1.29, 1.82) is 0 Å². The van der Waals surface area contributed by atoms with Crippen LogP contribution in [0.15, 0.2) is 109 Å². The Balaban J connectivity index is 1.17. The zero-order valence-electron chi connectivity index (χ0n) is 31.1. The van der Waals surface area contributed by atoms with E-state index < -0.39 is 60.9 Å². The summed E-state index contributed by atoms with van der Waals surface area (Å²) in [6, 6.07) is 23.3. The van der Waals surface area contributed by atoms with Crippen LogP contribution in [0.4, 0.5) is 26.3 Å². The quantitative estimate of drug-likeness (QED) is 0.0221. The number of alkyl halides is 6. The number of aliphatic hydroxyl groups is 2. The van der Waals surface area contributed by atoms with Crippen molar-refractivity contribution < 1.29 is 74.7 Å². The Hall–Kier alpha value is -6.26. The average molecular weight is 829 g/mol.